The van der Waals surface area contributed by atoms with Crippen LogP contribution in [0.25, 0.3) is 0 Å². The highest BCUT2D eigenvalue weighted by Crippen LogP contribution is 2.25. The molecule has 0 unspecified atom stereocenters. The number of hydrogen-bond acceptors (Lipinski definition) is 4. The van der Waals surface area contributed by atoms with Gasteiger partial charge in [0, 0.05) is 12.8 Å². The zero-order valence-electron chi connectivity index (χ0n) is 16.5. The third kappa shape index (κ3) is 5.01. The van der Waals surface area contributed by atoms with Crippen molar-refractivity contribution in [3.05, 3.63) is 77.6 Å². The SMILES string of the molecule is CC(C)CSc1nnc(CNC(=O)C(c2ccccc2)c2ccccc2)n1C. The van der Waals surface area contributed by atoms with Crippen LogP contribution in [-0.2, 0) is 18.4 Å². The molecule has 0 atom stereocenters. The van der Waals surface area contributed by atoms with E-state index in [0.717, 1.165) is 27.9 Å². The summed E-state index contributed by atoms with van der Waals surface area (Å²) in [6.07, 6.45) is 0. The Hall–Kier alpha value is -2.60. The molecule has 1 aromatic heterocycles. The van der Waals surface area contributed by atoms with E-state index in [2.05, 4.69) is 29.4 Å². The van der Waals surface area contributed by atoms with Gasteiger partial charge in [-0.1, -0.05) is 86.3 Å². The molecular formula is C22H26N4OS. The molecule has 0 saturated heterocycles. The van der Waals surface area contributed by atoms with Gasteiger partial charge in [-0.05, 0) is 17.0 Å². The minimum Gasteiger partial charge on any atom is -0.348 e. The monoisotopic (exact) mass is 394 g/mol. The number of hydrogen-bond donors (Lipinski definition) is 1. The minimum atomic E-state index is -0.356. The molecule has 1 amide bonds. The summed E-state index contributed by atoms with van der Waals surface area (Å²) >= 11 is 1.69. The first-order valence-corrected chi connectivity index (χ1v) is 10.4. The van der Waals surface area contributed by atoms with Crippen LogP contribution < -0.4 is 5.32 Å². The number of nitrogens with one attached hydrogen (secondary N) is 1. The predicted molar refractivity (Wildman–Crippen MR) is 113 cm³/mol. The van der Waals surface area contributed by atoms with Crippen LogP contribution in [0.5, 0.6) is 0 Å². The third-order valence-corrected chi connectivity index (χ3v) is 5.87. The van der Waals surface area contributed by atoms with E-state index >= 15 is 0 Å². The smallest absolute Gasteiger partial charge is 0.232 e. The molecule has 0 bridgehead atoms. The van der Waals surface area contributed by atoms with E-state index in [4.69, 9.17) is 0 Å². The van der Waals surface area contributed by atoms with E-state index in [9.17, 15) is 4.79 Å². The topological polar surface area (TPSA) is 59.8 Å². The van der Waals surface area contributed by atoms with Gasteiger partial charge >= 0.3 is 0 Å². The van der Waals surface area contributed by atoms with Gasteiger partial charge < -0.3 is 9.88 Å². The quantitative estimate of drug-likeness (QED) is 0.587. The lowest BCUT2D eigenvalue weighted by Gasteiger charge is -2.17. The fraction of sp³-hybridized carbons (Fsp3) is 0.318. The van der Waals surface area contributed by atoms with Crippen LogP contribution in [0.4, 0.5) is 0 Å². The lowest BCUT2D eigenvalue weighted by Crippen LogP contribution is -2.30. The van der Waals surface area contributed by atoms with Crippen molar-refractivity contribution >= 4 is 17.7 Å². The van der Waals surface area contributed by atoms with Crippen LogP contribution >= 0.6 is 11.8 Å². The van der Waals surface area contributed by atoms with Crippen molar-refractivity contribution < 1.29 is 4.79 Å². The molecule has 1 N–H and O–H groups in total. The van der Waals surface area contributed by atoms with Gasteiger partial charge in [-0.25, -0.2) is 0 Å². The normalized spacial score (nSPS) is 11.2. The molecule has 0 spiro atoms. The van der Waals surface area contributed by atoms with Crippen molar-refractivity contribution in [1.82, 2.24) is 20.1 Å². The Kier molecular flexibility index (Phi) is 6.87. The lowest BCUT2D eigenvalue weighted by atomic mass is 9.90. The highest BCUT2D eigenvalue weighted by Gasteiger charge is 2.23. The molecule has 0 aliphatic carbocycles. The summed E-state index contributed by atoms with van der Waals surface area (Å²) in [5.41, 5.74) is 1.94. The van der Waals surface area contributed by atoms with Crippen LogP contribution in [0.2, 0.25) is 0 Å². The van der Waals surface area contributed by atoms with Crippen molar-refractivity contribution in [2.45, 2.75) is 31.5 Å². The summed E-state index contributed by atoms with van der Waals surface area (Å²) < 4.78 is 1.95. The first kappa shape index (κ1) is 20.1. The molecule has 3 rings (SSSR count). The third-order valence-electron chi connectivity index (χ3n) is 4.42. The molecule has 6 heteroatoms. The van der Waals surface area contributed by atoms with Crippen LogP contribution in [0.1, 0.15) is 36.7 Å². The Balaban J connectivity index is 1.73. The molecular weight excluding hydrogens is 368 g/mol. The number of carbonyl (C=O) groups excluding carboxylic acids is 1. The maximum atomic E-state index is 13.1. The van der Waals surface area contributed by atoms with Crippen LogP contribution in [-0.4, -0.2) is 26.4 Å². The van der Waals surface area contributed by atoms with Gasteiger partial charge in [-0.3, -0.25) is 4.79 Å². The maximum absolute atomic E-state index is 13.1. The zero-order valence-corrected chi connectivity index (χ0v) is 17.3. The fourth-order valence-electron chi connectivity index (χ4n) is 2.92. The molecule has 0 aliphatic rings. The van der Waals surface area contributed by atoms with Crippen LogP contribution in [0.3, 0.4) is 0 Å². The summed E-state index contributed by atoms with van der Waals surface area (Å²) in [5.74, 6) is 1.92. The van der Waals surface area contributed by atoms with Gasteiger partial charge in [0.2, 0.25) is 5.91 Å². The van der Waals surface area contributed by atoms with Crippen LogP contribution in [0.15, 0.2) is 65.8 Å². The highest BCUT2D eigenvalue weighted by molar-refractivity contribution is 7.99. The average molecular weight is 395 g/mol. The molecule has 0 saturated carbocycles. The molecule has 5 nitrogen and oxygen atoms in total. The number of carbonyl (C=O) groups is 1. The van der Waals surface area contributed by atoms with Gasteiger partial charge in [0.25, 0.3) is 0 Å². The Morgan fingerprint density at radius 3 is 2.11 bits per heavy atom. The van der Waals surface area contributed by atoms with Gasteiger partial charge in [0.1, 0.15) is 0 Å². The number of amides is 1. The number of rotatable bonds is 8. The number of aromatic nitrogens is 3. The van der Waals surface area contributed by atoms with Crippen LogP contribution in [0, 0.1) is 5.92 Å². The minimum absolute atomic E-state index is 0.0446. The molecule has 1 heterocycles. The summed E-state index contributed by atoms with van der Waals surface area (Å²) in [7, 11) is 1.94. The van der Waals surface area contributed by atoms with Crippen molar-refractivity contribution in [3.8, 4) is 0 Å². The lowest BCUT2D eigenvalue weighted by molar-refractivity contribution is -0.121. The van der Waals surface area contributed by atoms with Crippen molar-refractivity contribution in [2.75, 3.05) is 5.75 Å². The summed E-state index contributed by atoms with van der Waals surface area (Å²) in [5, 5.41) is 12.4. The summed E-state index contributed by atoms with van der Waals surface area (Å²) in [6, 6.07) is 19.7. The summed E-state index contributed by atoms with van der Waals surface area (Å²) in [6.45, 7) is 4.70. The second-order valence-corrected chi connectivity index (χ2v) is 8.12. The van der Waals surface area contributed by atoms with E-state index < -0.39 is 0 Å². The first-order valence-electron chi connectivity index (χ1n) is 9.45. The molecule has 2 aromatic carbocycles. The number of benzene rings is 2. The highest BCUT2D eigenvalue weighted by atomic mass is 32.2. The Labute approximate surface area is 170 Å². The van der Waals surface area contributed by atoms with Crippen molar-refractivity contribution in [1.29, 1.82) is 0 Å². The van der Waals surface area contributed by atoms with E-state index in [0.29, 0.717) is 12.5 Å². The molecule has 0 radical (unpaired) electrons. The van der Waals surface area contributed by atoms with E-state index in [-0.39, 0.29) is 11.8 Å². The molecule has 146 valence electrons. The van der Waals surface area contributed by atoms with Gasteiger partial charge in [0.15, 0.2) is 11.0 Å². The molecule has 0 aliphatic heterocycles. The van der Waals surface area contributed by atoms with Gasteiger partial charge in [0.05, 0.1) is 12.5 Å². The van der Waals surface area contributed by atoms with Crippen molar-refractivity contribution in [2.24, 2.45) is 13.0 Å². The Morgan fingerprint density at radius 2 is 1.57 bits per heavy atom. The standard InChI is InChI=1S/C22H26N4OS/c1-16(2)15-28-22-25-24-19(26(22)3)14-23-21(27)20(17-10-6-4-7-11-17)18-12-8-5-9-13-18/h4-13,16,20H,14-15H2,1-3H3,(H,23,27). The second-order valence-electron chi connectivity index (χ2n) is 7.13. The number of nitrogens with zero attached hydrogens (tertiary/aromatic N) is 3. The maximum Gasteiger partial charge on any atom is 0.232 e. The van der Waals surface area contributed by atoms with E-state index in [1.165, 1.54) is 0 Å². The molecule has 3 aromatic rings. The molecule has 28 heavy (non-hydrogen) atoms. The van der Waals surface area contributed by atoms with E-state index in [1.54, 1.807) is 11.8 Å². The van der Waals surface area contributed by atoms with Gasteiger partial charge in [-0.15, -0.1) is 10.2 Å². The van der Waals surface area contributed by atoms with E-state index in [1.807, 2.05) is 72.3 Å². The average Bonchev–Trinajstić information content (AvgIpc) is 3.06. The largest absolute Gasteiger partial charge is 0.348 e. The first-order chi connectivity index (χ1) is 13.6. The van der Waals surface area contributed by atoms with Crippen molar-refractivity contribution in [3.63, 3.8) is 0 Å². The zero-order chi connectivity index (χ0) is 19.9. The number of thioether (sulfide) groups is 1. The predicted octanol–water partition coefficient (Wildman–Crippen LogP) is 4.01. The Bertz CT molecular complexity index is 854. The second kappa shape index (κ2) is 9.55. The summed E-state index contributed by atoms with van der Waals surface area (Å²) in [4.78, 5) is 13.1. The Morgan fingerprint density at radius 1 is 1.00 bits per heavy atom. The molecule has 0 fully saturated rings. The van der Waals surface area contributed by atoms with Gasteiger partial charge in [-0.2, -0.15) is 0 Å². The fourth-order valence-corrected chi connectivity index (χ4v) is 3.80.